The first kappa shape index (κ1) is 16.5. The molecule has 0 aliphatic rings. The molecular weight excluding hydrogens is 496 g/mol. The van der Waals surface area contributed by atoms with E-state index in [0.717, 1.165) is 9.13 Å². The van der Waals surface area contributed by atoms with Crippen LogP contribution in [0.15, 0.2) is 41.1 Å². The summed E-state index contributed by atoms with van der Waals surface area (Å²) in [5, 5.41) is 14.3. The van der Waals surface area contributed by atoms with E-state index >= 15 is 0 Å². The number of hydrogen-bond donors (Lipinski definition) is 2. The van der Waals surface area contributed by atoms with Crippen LogP contribution in [0.1, 0.15) is 16.1 Å². The van der Waals surface area contributed by atoms with Crippen LogP contribution in [0.2, 0.25) is 5.02 Å². The number of aromatic nitrogens is 4. The summed E-state index contributed by atoms with van der Waals surface area (Å²) in [4.78, 5) is 12.2. The molecule has 1 amide bonds. The molecule has 2 N–H and O–H groups in total. The van der Waals surface area contributed by atoms with E-state index in [1.54, 1.807) is 17.1 Å². The highest BCUT2D eigenvalue weighted by molar-refractivity contribution is 14.1. The molecule has 0 aliphatic heterocycles. The van der Waals surface area contributed by atoms with Crippen molar-refractivity contribution in [3.8, 4) is 0 Å². The predicted octanol–water partition coefficient (Wildman–Crippen LogP) is 3.93. The number of halogens is 3. The second kappa shape index (κ2) is 7.02. The first-order chi connectivity index (χ1) is 11.0. The van der Waals surface area contributed by atoms with Crippen molar-refractivity contribution in [2.45, 2.75) is 6.54 Å². The summed E-state index contributed by atoms with van der Waals surface area (Å²) in [6, 6.07) is 7.56. The molecule has 0 fully saturated rings. The number of carbonyl (C=O) groups excluding carboxylic acids is 1. The lowest BCUT2D eigenvalue weighted by atomic mass is 10.2. The topological polar surface area (TPSA) is 75.6 Å². The van der Waals surface area contributed by atoms with E-state index in [0.29, 0.717) is 27.6 Å². The van der Waals surface area contributed by atoms with Crippen LogP contribution >= 0.6 is 50.1 Å². The molecular formula is C14H10BrClIN5O. The van der Waals surface area contributed by atoms with Crippen LogP contribution < -0.4 is 5.32 Å². The number of anilines is 1. The molecule has 118 valence electrons. The van der Waals surface area contributed by atoms with Crippen LogP contribution in [0.25, 0.3) is 0 Å². The zero-order valence-electron chi connectivity index (χ0n) is 11.6. The standard InChI is InChI=1S/C14H10BrClIN5O/c15-9-7-22(6-8-3-1-2-4-10(8)16)21-13(9)19-14(23)12-11(17)5-18-20-12/h1-5,7H,6H2,(H,18,20)(H,19,21,23). The minimum atomic E-state index is -0.296. The van der Waals surface area contributed by atoms with E-state index < -0.39 is 0 Å². The summed E-state index contributed by atoms with van der Waals surface area (Å²) in [6.45, 7) is 0.510. The number of nitrogens with one attached hydrogen (secondary N) is 2. The quantitative estimate of drug-likeness (QED) is 0.527. The fourth-order valence-electron chi connectivity index (χ4n) is 1.96. The number of aromatic amines is 1. The van der Waals surface area contributed by atoms with Gasteiger partial charge in [0.05, 0.1) is 20.8 Å². The molecule has 2 aromatic heterocycles. The number of carbonyl (C=O) groups is 1. The minimum Gasteiger partial charge on any atom is -0.303 e. The number of H-pyrrole nitrogens is 1. The summed E-state index contributed by atoms with van der Waals surface area (Å²) >= 11 is 11.6. The lowest BCUT2D eigenvalue weighted by molar-refractivity contribution is 0.102. The monoisotopic (exact) mass is 505 g/mol. The van der Waals surface area contributed by atoms with E-state index in [1.165, 1.54) is 0 Å². The van der Waals surface area contributed by atoms with Gasteiger partial charge in [0.15, 0.2) is 5.82 Å². The van der Waals surface area contributed by atoms with E-state index in [9.17, 15) is 4.79 Å². The molecule has 0 aliphatic carbocycles. The summed E-state index contributed by atoms with van der Waals surface area (Å²) in [7, 11) is 0. The second-order valence-electron chi connectivity index (χ2n) is 4.66. The molecule has 6 nitrogen and oxygen atoms in total. The number of nitrogens with zero attached hydrogens (tertiary/aromatic N) is 3. The van der Waals surface area contributed by atoms with E-state index in [-0.39, 0.29) is 5.91 Å². The third-order valence-electron chi connectivity index (χ3n) is 3.06. The van der Waals surface area contributed by atoms with Gasteiger partial charge < -0.3 is 5.32 Å². The average Bonchev–Trinajstić information content (AvgIpc) is 3.08. The van der Waals surface area contributed by atoms with Crippen molar-refractivity contribution in [1.29, 1.82) is 0 Å². The lowest BCUT2D eigenvalue weighted by Gasteiger charge is -2.04. The smallest absolute Gasteiger partial charge is 0.276 e. The van der Waals surface area contributed by atoms with Gasteiger partial charge >= 0.3 is 0 Å². The largest absolute Gasteiger partial charge is 0.303 e. The van der Waals surface area contributed by atoms with Gasteiger partial charge in [0.1, 0.15) is 5.69 Å². The van der Waals surface area contributed by atoms with Crippen molar-refractivity contribution in [2.24, 2.45) is 0 Å². The van der Waals surface area contributed by atoms with Gasteiger partial charge in [0, 0.05) is 11.2 Å². The van der Waals surface area contributed by atoms with Gasteiger partial charge in [-0.3, -0.25) is 14.6 Å². The fourth-order valence-corrected chi connectivity index (χ4v) is 3.08. The second-order valence-corrected chi connectivity index (χ2v) is 7.09. The molecule has 23 heavy (non-hydrogen) atoms. The van der Waals surface area contributed by atoms with Crippen LogP contribution in [0, 0.1) is 3.57 Å². The Morgan fingerprint density at radius 1 is 1.43 bits per heavy atom. The van der Waals surface area contributed by atoms with Crippen LogP contribution in [-0.4, -0.2) is 25.9 Å². The number of hydrogen-bond acceptors (Lipinski definition) is 3. The molecule has 3 rings (SSSR count). The molecule has 0 saturated heterocycles. The molecule has 2 heterocycles. The summed E-state index contributed by atoms with van der Waals surface area (Å²) in [6.07, 6.45) is 3.37. The van der Waals surface area contributed by atoms with Gasteiger partial charge in [-0.1, -0.05) is 29.8 Å². The minimum absolute atomic E-state index is 0.296. The third kappa shape index (κ3) is 3.75. The molecule has 3 aromatic rings. The van der Waals surface area contributed by atoms with Crippen LogP contribution in [0.4, 0.5) is 5.82 Å². The number of rotatable bonds is 4. The first-order valence-corrected chi connectivity index (χ1v) is 8.76. The van der Waals surface area contributed by atoms with Crippen LogP contribution in [0.5, 0.6) is 0 Å². The van der Waals surface area contributed by atoms with Gasteiger partial charge in [0.2, 0.25) is 0 Å². The van der Waals surface area contributed by atoms with Gasteiger partial charge in [0.25, 0.3) is 5.91 Å². The van der Waals surface area contributed by atoms with Gasteiger partial charge in [-0.25, -0.2) is 0 Å². The molecule has 0 radical (unpaired) electrons. The maximum atomic E-state index is 12.2. The number of amides is 1. The lowest BCUT2D eigenvalue weighted by Crippen LogP contribution is -2.15. The molecule has 0 spiro atoms. The van der Waals surface area contributed by atoms with Crippen molar-refractivity contribution in [3.05, 3.63) is 61.0 Å². The molecule has 0 unspecified atom stereocenters. The Hall–Kier alpha value is -1.39. The highest BCUT2D eigenvalue weighted by atomic mass is 127. The van der Waals surface area contributed by atoms with Crippen molar-refractivity contribution >= 4 is 61.8 Å². The normalized spacial score (nSPS) is 10.7. The summed E-state index contributed by atoms with van der Waals surface area (Å²) < 4.78 is 3.14. The fraction of sp³-hybridized carbons (Fsp3) is 0.0714. The molecule has 0 atom stereocenters. The number of benzene rings is 1. The van der Waals surface area contributed by atoms with Crippen molar-refractivity contribution in [1.82, 2.24) is 20.0 Å². The highest BCUT2D eigenvalue weighted by Gasteiger charge is 2.16. The van der Waals surface area contributed by atoms with Gasteiger partial charge in [-0.2, -0.15) is 10.2 Å². The van der Waals surface area contributed by atoms with Gasteiger partial charge in [-0.15, -0.1) is 0 Å². The van der Waals surface area contributed by atoms with E-state index in [2.05, 4.69) is 36.5 Å². The Morgan fingerprint density at radius 2 is 2.22 bits per heavy atom. The zero-order chi connectivity index (χ0) is 16.4. The van der Waals surface area contributed by atoms with E-state index in [1.807, 2.05) is 46.9 Å². The molecule has 1 aromatic carbocycles. The van der Waals surface area contributed by atoms with Gasteiger partial charge in [-0.05, 0) is 50.2 Å². The molecule has 0 bridgehead atoms. The van der Waals surface area contributed by atoms with Crippen molar-refractivity contribution < 1.29 is 4.79 Å². The van der Waals surface area contributed by atoms with E-state index in [4.69, 9.17) is 11.6 Å². The SMILES string of the molecule is O=C(Nc1nn(Cc2ccccc2Cl)cc1Br)c1[nH]ncc1I. The Balaban J connectivity index is 1.78. The average molecular weight is 507 g/mol. The molecule has 9 heteroatoms. The summed E-state index contributed by atoms with van der Waals surface area (Å²) in [5.74, 6) is 0.142. The van der Waals surface area contributed by atoms with Crippen LogP contribution in [-0.2, 0) is 6.54 Å². The Kier molecular flexibility index (Phi) is 5.02. The van der Waals surface area contributed by atoms with Crippen molar-refractivity contribution in [3.63, 3.8) is 0 Å². The highest BCUT2D eigenvalue weighted by Crippen LogP contribution is 2.23. The maximum absolute atomic E-state index is 12.2. The molecule has 0 saturated carbocycles. The predicted molar refractivity (Wildman–Crippen MR) is 99.7 cm³/mol. The third-order valence-corrected chi connectivity index (χ3v) is 4.83. The Morgan fingerprint density at radius 3 is 2.91 bits per heavy atom. The maximum Gasteiger partial charge on any atom is 0.276 e. The van der Waals surface area contributed by atoms with Crippen molar-refractivity contribution in [2.75, 3.05) is 5.32 Å². The Bertz CT molecular complexity index is 862. The Labute approximate surface area is 158 Å². The summed E-state index contributed by atoms with van der Waals surface area (Å²) in [5.41, 5.74) is 1.35. The zero-order valence-corrected chi connectivity index (χ0v) is 16.1. The van der Waals surface area contributed by atoms with Crippen LogP contribution in [0.3, 0.4) is 0 Å². The first-order valence-electron chi connectivity index (χ1n) is 6.51.